The number of nitrogens with two attached hydrogens (primary N) is 1. The number of amides is 2. The highest BCUT2D eigenvalue weighted by atomic mass is 32.2. The fourth-order valence-electron chi connectivity index (χ4n) is 1.86. The average Bonchev–Trinajstić information content (AvgIpc) is 2.61. The van der Waals surface area contributed by atoms with E-state index >= 15 is 0 Å². The third-order valence-electron chi connectivity index (χ3n) is 3.05. The highest BCUT2D eigenvalue weighted by molar-refractivity contribution is 8.13. The Balaban J connectivity index is 1.93. The van der Waals surface area contributed by atoms with Crippen LogP contribution in [0.3, 0.4) is 0 Å². The minimum atomic E-state index is -0.561. The number of hydrogen-bond donors (Lipinski definition) is 2. The van der Waals surface area contributed by atoms with E-state index < -0.39 is 17.1 Å². The Hall–Kier alpha value is -2.87. The predicted molar refractivity (Wildman–Crippen MR) is 92.9 cm³/mol. The molecule has 2 amide bonds. The number of nitrogens with one attached hydrogen (secondary N) is 1. The third-order valence-corrected chi connectivity index (χ3v) is 3.86. The molecule has 8 heteroatoms. The van der Waals surface area contributed by atoms with Crippen LogP contribution in [0, 0.1) is 0 Å². The molecule has 0 atom stereocenters. The van der Waals surface area contributed by atoms with E-state index in [1.54, 1.807) is 12.1 Å². The highest BCUT2D eigenvalue weighted by Crippen LogP contribution is 2.22. The molecule has 1 aromatic carbocycles. The van der Waals surface area contributed by atoms with Crippen molar-refractivity contribution < 1.29 is 19.1 Å². The van der Waals surface area contributed by atoms with Crippen LogP contribution in [0.5, 0.6) is 0 Å². The fourth-order valence-corrected chi connectivity index (χ4v) is 2.52. The van der Waals surface area contributed by atoms with Gasteiger partial charge in [-0.25, -0.2) is 9.78 Å². The Kier molecular flexibility index (Phi) is 6.97. The fraction of sp³-hybridized carbons (Fsp3) is 0.176. The lowest BCUT2D eigenvalue weighted by molar-refractivity contribution is -0.117. The molecule has 3 N–H and O–H groups in total. The van der Waals surface area contributed by atoms with Crippen LogP contribution in [0.4, 0.5) is 4.79 Å². The summed E-state index contributed by atoms with van der Waals surface area (Å²) in [6, 6.07) is 12.4. The first kappa shape index (κ1) is 18.5. The van der Waals surface area contributed by atoms with Crippen LogP contribution >= 0.6 is 11.8 Å². The van der Waals surface area contributed by atoms with Gasteiger partial charge in [0.15, 0.2) is 0 Å². The number of pyridine rings is 1. The monoisotopic (exact) mass is 359 g/mol. The number of thioether (sulfide) groups is 1. The summed E-state index contributed by atoms with van der Waals surface area (Å²) in [5.74, 6) is -0.946. The van der Waals surface area contributed by atoms with Crippen LogP contribution < -0.4 is 11.1 Å². The maximum atomic E-state index is 12.1. The summed E-state index contributed by atoms with van der Waals surface area (Å²) in [5.41, 5.74) is 6.12. The van der Waals surface area contributed by atoms with Crippen LogP contribution in [0.25, 0.3) is 0 Å². The van der Waals surface area contributed by atoms with Gasteiger partial charge in [0.25, 0.3) is 5.91 Å². The van der Waals surface area contributed by atoms with Crippen LogP contribution in [0.1, 0.15) is 22.3 Å². The van der Waals surface area contributed by atoms with E-state index in [1.165, 1.54) is 6.20 Å². The summed E-state index contributed by atoms with van der Waals surface area (Å²) < 4.78 is 5.17. The van der Waals surface area contributed by atoms with Crippen LogP contribution in [0.2, 0.25) is 0 Å². The minimum absolute atomic E-state index is 0.0353. The minimum Gasteiger partial charge on any atom is -0.452 e. The standard InChI is InChI=1S/C17H17N3O4S/c18-14(21)8-10-19-15(22)13-7-4-9-20-16(13)25-17(23)24-11-12-5-2-1-3-6-12/h1-7,9H,8,10-11H2,(H2,18,21)(H,19,22). The van der Waals surface area contributed by atoms with Crippen LogP contribution in [-0.4, -0.2) is 28.6 Å². The molecule has 0 spiro atoms. The molecule has 0 radical (unpaired) electrons. The molecule has 0 aliphatic heterocycles. The zero-order valence-corrected chi connectivity index (χ0v) is 14.1. The lowest BCUT2D eigenvalue weighted by Crippen LogP contribution is -2.28. The second kappa shape index (κ2) is 9.43. The van der Waals surface area contributed by atoms with Crippen molar-refractivity contribution >= 4 is 28.9 Å². The summed E-state index contributed by atoms with van der Waals surface area (Å²) in [5, 5.41) is 2.23. The van der Waals surface area contributed by atoms with Gasteiger partial charge in [0, 0.05) is 30.9 Å². The normalized spacial score (nSPS) is 10.1. The quantitative estimate of drug-likeness (QED) is 0.578. The number of benzene rings is 1. The van der Waals surface area contributed by atoms with Gasteiger partial charge in [0.05, 0.1) is 5.56 Å². The van der Waals surface area contributed by atoms with Gasteiger partial charge in [0.2, 0.25) is 5.91 Å². The van der Waals surface area contributed by atoms with Gasteiger partial charge in [-0.2, -0.15) is 0 Å². The molecular weight excluding hydrogens is 342 g/mol. The molecule has 2 aromatic rings. The number of hydrogen-bond acceptors (Lipinski definition) is 6. The molecular formula is C17H17N3O4S. The maximum Gasteiger partial charge on any atom is 0.374 e. The van der Waals surface area contributed by atoms with Gasteiger partial charge in [-0.15, -0.1) is 0 Å². The van der Waals surface area contributed by atoms with E-state index in [9.17, 15) is 14.4 Å². The number of rotatable bonds is 7. The van der Waals surface area contributed by atoms with Crippen molar-refractivity contribution in [3.05, 3.63) is 59.8 Å². The predicted octanol–water partition coefficient (Wildman–Crippen LogP) is 2.12. The van der Waals surface area contributed by atoms with Crippen molar-refractivity contribution in [3.8, 4) is 0 Å². The Morgan fingerprint density at radius 3 is 2.60 bits per heavy atom. The third kappa shape index (κ3) is 6.27. The van der Waals surface area contributed by atoms with E-state index in [2.05, 4.69) is 10.3 Å². The van der Waals surface area contributed by atoms with Crippen LogP contribution in [0.15, 0.2) is 53.7 Å². The van der Waals surface area contributed by atoms with Gasteiger partial charge in [-0.3, -0.25) is 9.59 Å². The first-order valence-corrected chi connectivity index (χ1v) is 8.28. The van der Waals surface area contributed by atoms with Crippen molar-refractivity contribution in [1.82, 2.24) is 10.3 Å². The second-order valence-electron chi connectivity index (χ2n) is 4.95. The van der Waals surface area contributed by atoms with Crippen molar-refractivity contribution in [3.63, 3.8) is 0 Å². The van der Waals surface area contributed by atoms with E-state index in [1.807, 2.05) is 30.3 Å². The van der Waals surface area contributed by atoms with Gasteiger partial charge in [0.1, 0.15) is 11.6 Å². The SMILES string of the molecule is NC(=O)CCNC(=O)c1cccnc1SC(=O)OCc1ccccc1. The highest BCUT2D eigenvalue weighted by Gasteiger charge is 2.16. The number of aromatic nitrogens is 1. The maximum absolute atomic E-state index is 12.1. The van der Waals surface area contributed by atoms with E-state index in [0.29, 0.717) is 0 Å². The Bertz CT molecular complexity index is 753. The van der Waals surface area contributed by atoms with Gasteiger partial charge in [-0.05, 0) is 17.7 Å². The Morgan fingerprint density at radius 1 is 1.12 bits per heavy atom. The smallest absolute Gasteiger partial charge is 0.374 e. The molecule has 1 heterocycles. The topological polar surface area (TPSA) is 111 Å². The van der Waals surface area contributed by atoms with Gasteiger partial charge >= 0.3 is 5.30 Å². The molecule has 0 saturated carbocycles. The number of carbonyl (C=O) groups is 3. The second-order valence-corrected chi connectivity index (χ2v) is 5.88. The molecule has 2 rings (SSSR count). The largest absolute Gasteiger partial charge is 0.452 e. The average molecular weight is 359 g/mol. The zero-order valence-electron chi connectivity index (χ0n) is 13.3. The Labute approximate surface area is 149 Å². The number of carbonyl (C=O) groups excluding carboxylic acids is 3. The molecule has 130 valence electrons. The summed E-state index contributed by atoms with van der Waals surface area (Å²) in [4.78, 5) is 38.9. The number of nitrogens with zero attached hydrogens (tertiary/aromatic N) is 1. The number of primary amides is 1. The van der Waals surface area contributed by atoms with E-state index in [-0.39, 0.29) is 30.2 Å². The zero-order chi connectivity index (χ0) is 18.1. The molecule has 0 unspecified atom stereocenters. The van der Waals surface area contributed by atoms with Crippen molar-refractivity contribution in [1.29, 1.82) is 0 Å². The van der Waals surface area contributed by atoms with Crippen molar-refractivity contribution in [2.75, 3.05) is 6.54 Å². The van der Waals surface area contributed by atoms with Crippen molar-refractivity contribution in [2.45, 2.75) is 18.1 Å². The summed E-state index contributed by atoms with van der Waals surface area (Å²) in [6.45, 7) is 0.255. The molecule has 0 fully saturated rings. The van der Waals surface area contributed by atoms with Gasteiger partial charge in [-0.1, -0.05) is 30.3 Å². The van der Waals surface area contributed by atoms with E-state index in [4.69, 9.17) is 10.5 Å². The lowest BCUT2D eigenvalue weighted by Gasteiger charge is -2.08. The summed E-state index contributed by atoms with van der Waals surface area (Å²) in [7, 11) is 0. The van der Waals surface area contributed by atoms with Crippen LogP contribution in [-0.2, 0) is 16.1 Å². The molecule has 7 nitrogen and oxygen atoms in total. The lowest BCUT2D eigenvalue weighted by atomic mass is 10.2. The van der Waals surface area contributed by atoms with Crippen molar-refractivity contribution in [2.24, 2.45) is 5.73 Å². The molecule has 0 aliphatic rings. The molecule has 0 bridgehead atoms. The molecule has 0 aliphatic carbocycles. The molecule has 25 heavy (non-hydrogen) atoms. The number of ether oxygens (including phenoxy) is 1. The first-order valence-electron chi connectivity index (χ1n) is 7.46. The summed E-state index contributed by atoms with van der Waals surface area (Å²) in [6.07, 6.45) is 1.51. The Morgan fingerprint density at radius 2 is 1.88 bits per heavy atom. The van der Waals surface area contributed by atoms with Gasteiger partial charge < -0.3 is 15.8 Å². The molecule has 1 aromatic heterocycles. The summed E-state index contributed by atoms with van der Waals surface area (Å²) >= 11 is 0.733. The van der Waals surface area contributed by atoms with E-state index in [0.717, 1.165) is 17.3 Å². The first-order chi connectivity index (χ1) is 12.1. The molecule has 0 saturated heterocycles.